The van der Waals surface area contributed by atoms with Crippen molar-refractivity contribution in [2.75, 3.05) is 19.6 Å². The van der Waals surface area contributed by atoms with Gasteiger partial charge in [-0.15, -0.1) is 12.4 Å². The minimum atomic E-state index is -0.557. The van der Waals surface area contributed by atoms with Gasteiger partial charge in [0.15, 0.2) is 0 Å². The molecule has 1 heterocycles. The Kier molecular flexibility index (Phi) is 5.99. The van der Waals surface area contributed by atoms with Crippen molar-refractivity contribution in [3.63, 3.8) is 0 Å². The summed E-state index contributed by atoms with van der Waals surface area (Å²) in [6.45, 7) is 5.72. The normalized spacial score (nSPS) is 22.1. The van der Waals surface area contributed by atoms with Crippen molar-refractivity contribution < 1.29 is 9.90 Å². The summed E-state index contributed by atoms with van der Waals surface area (Å²) >= 11 is 0. The smallest absolute Gasteiger partial charge is 0.230 e. The number of β-amino-alcohol motifs (C(OH)–C–C–N with tert-alkyl or cyclic N) is 1. The van der Waals surface area contributed by atoms with Crippen molar-refractivity contribution in [1.82, 2.24) is 10.6 Å². The van der Waals surface area contributed by atoms with Crippen molar-refractivity contribution in [3.8, 4) is 0 Å². The van der Waals surface area contributed by atoms with E-state index in [1.807, 2.05) is 44.2 Å². The molecule has 20 heavy (non-hydrogen) atoms. The zero-order valence-corrected chi connectivity index (χ0v) is 12.7. The highest BCUT2D eigenvalue weighted by molar-refractivity contribution is 5.87. The Morgan fingerprint density at radius 3 is 2.55 bits per heavy atom. The summed E-state index contributed by atoms with van der Waals surface area (Å²) in [6.07, 6.45) is -0.361. The molecule has 0 spiro atoms. The van der Waals surface area contributed by atoms with Crippen LogP contribution in [0.25, 0.3) is 0 Å². The van der Waals surface area contributed by atoms with Gasteiger partial charge in [-0.1, -0.05) is 30.3 Å². The van der Waals surface area contributed by atoms with Crippen LogP contribution in [-0.4, -0.2) is 36.8 Å². The third-order valence-corrected chi connectivity index (χ3v) is 3.89. The lowest BCUT2D eigenvalue weighted by molar-refractivity contribution is -0.125. The van der Waals surface area contributed by atoms with Crippen LogP contribution in [-0.2, 0) is 10.2 Å². The fourth-order valence-electron chi connectivity index (χ4n) is 2.36. The van der Waals surface area contributed by atoms with Crippen molar-refractivity contribution in [2.24, 2.45) is 5.92 Å². The molecule has 1 saturated heterocycles. The van der Waals surface area contributed by atoms with E-state index in [1.165, 1.54) is 0 Å². The molecule has 0 saturated carbocycles. The number of aliphatic hydroxyl groups is 1. The summed E-state index contributed by atoms with van der Waals surface area (Å²) in [6, 6.07) is 9.75. The summed E-state index contributed by atoms with van der Waals surface area (Å²) in [5.41, 5.74) is 0.440. The van der Waals surface area contributed by atoms with Crippen LogP contribution in [0, 0.1) is 5.92 Å². The van der Waals surface area contributed by atoms with Crippen molar-refractivity contribution >= 4 is 18.3 Å². The van der Waals surface area contributed by atoms with Crippen molar-refractivity contribution in [2.45, 2.75) is 25.4 Å². The third-order valence-electron chi connectivity index (χ3n) is 3.89. The predicted molar refractivity (Wildman–Crippen MR) is 82.1 cm³/mol. The lowest BCUT2D eigenvalue weighted by Gasteiger charge is -2.25. The molecule has 4 nitrogen and oxygen atoms in total. The standard InChI is InChI=1S/C15H22N2O2.ClH/c1-15(2,12-6-4-3-5-7-12)14(19)17-9-11-8-16-10-13(11)18;/h3-7,11,13,16,18H,8-10H2,1-2H3,(H,17,19);1H. The van der Waals surface area contributed by atoms with Gasteiger partial charge in [0, 0.05) is 25.6 Å². The highest BCUT2D eigenvalue weighted by Gasteiger charge is 2.31. The molecule has 1 aliphatic rings. The second kappa shape index (κ2) is 7.07. The lowest BCUT2D eigenvalue weighted by atomic mass is 9.83. The zero-order chi connectivity index (χ0) is 13.9. The molecular weight excluding hydrogens is 276 g/mol. The van der Waals surface area contributed by atoms with Gasteiger partial charge in [0.25, 0.3) is 0 Å². The number of amides is 1. The molecule has 1 fully saturated rings. The Hall–Kier alpha value is -1.10. The van der Waals surface area contributed by atoms with Gasteiger partial charge in [-0.2, -0.15) is 0 Å². The Morgan fingerprint density at radius 2 is 2.00 bits per heavy atom. The fraction of sp³-hybridized carbons (Fsp3) is 0.533. The topological polar surface area (TPSA) is 61.4 Å². The monoisotopic (exact) mass is 298 g/mol. The first-order chi connectivity index (χ1) is 9.01. The summed E-state index contributed by atoms with van der Waals surface area (Å²) in [5, 5.41) is 15.8. The van der Waals surface area contributed by atoms with Gasteiger partial charge in [-0.05, 0) is 19.4 Å². The largest absolute Gasteiger partial charge is 0.391 e. The number of carbonyl (C=O) groups excluding carboxylic acids is 1. The zero-order valence-electron chi connectivity index (χ0n) is 11.9. The van der Waals surface area contributed by atoms with Crippen molar-refractivity contribution in [3.05, 3.63) is 35.9 Å². The van der Waals surface area contributed by atoms with Crippen LogP contribution >= 0.6 is 12.4 Å². The van der Waals surface area contributed by atoms with Gasteiger partial charge in [0.2, 0.25) is 5.91 Å². The molecule has 1 aromatic carbocycles. The fourth-order valence-corrected chi connectivity index (χ4v) is 2.36. The summed E-state index contributed by atoms with van der Waals surface area (Å²) < 4.78 is 0. The number of benzene rings is 1. The quantitative estimate of drug-likeness (QED) is 0.780. The second-order valence-electron chi connectivity index (χ2n) is 5.69. The summed E-state index contributed by atoms with van der Waals surface area (Å²) in [4.78, 5) is 12.3. The average Bonchev–Trinajstić information content (AvgIpc) is 2.82. The molecule has 112 valence electrons. The molecule has 0 radical (unpaired) electrons. The number of hydrogen-bond donors (Lipinski definition) is 3. The Balaban J connectivity index is 0.00000200. The summed E-state index contributed by atoms with van der Waals surface area (Å²) in [7, 11) is 0. The van der Waals surface area contributed by atoms with Crippen LogP contribution in [0.1, 0.15) is 19.4 Å². The van der Waals surface area contributed by atoms with Gasteiger partial charge in [-0.3, -0.25) is 4.79 Å². The number of halogens is 1. The molecule has 0 bridgehead atoms. The average molecular weight is 299 g/mol. The van der Waals surface area contributed by atoms with E-state index in [0.717, 1.165) is 12.1 Å². The molecular formula is C15H23ClN2O2. The van der Waals surface area contributed by atoms with Crippen LogP contribution < -0.4 is 10.6 Å². The van der Waals surface area contributed by atoms with E-state index in [9.17, 15) is 9.90 Å². The molecule has 1 aromatic rings. The minimum absolute atomic E-state index is 0. The highest BCUT2D eigenvalue weighted by Crippen LogP contribution is 2.23. The van der Waals surface area contributed by atoms with Crippen LogP contribution in [0.3, 0.4) is 0 Å². The second-order valence-corrected chi connectivity index (χ2v) is 5.69. The van der Waals surface area contributed by atoms with E-state index in [2.05, 4.69) is 10.6 Å². The van der Waals surface area contributed by atoms with E-state index in [4.69, 9.17) is 0 Å². The van der Waals surface area contributed by atoms with Gasteiger partial charge in [-0.25, -0.2) is 0 Å². The van der Waals surface area contributed by atoms with Crippen LogP contribution in [0.2, 0.25) is 0 Å². The van der Waals surface area contributed by atoms with Crippen LogP contribution in [0.4, 0.5) is 0 Å². The van der Waals surface area contributed by atoms with Crippen LogP contribution in [0.5, 0.6) is 0 Å². The van der Waals surface area contributed by atoms with Gasteiger partial charge in [0.1, 0.15) is 0 Å². The molecule has 5 heteroatoms. The molecule has 2 rings (SSSR count). The maximum Gasteiger partial charge on any atom is 0.230 e. The third kappa shape index (κ3) is 3.72. The Morgan fingerprint density at radius 1 is 1.35 bits per heavy atom. The molecule has 1 amide bonds. The number of hydrogen-bond acceptors (Lipinski definition) is 3. The Labute approximate surface area is 126 Å². The lowest BCUT2D eigenvalue weighted by Crippen LogP contribution is -2.43. The molecule has 1 aliphatic heterocycles. The van der Waals surface area contributed by atoms with E-state index < -0.39 is 5.41 Å². The number of nitrogens with one attached hydrogen (secondary N) is 2. The molecule has 2 atom stereocenters. The van der Waals surface area contributed by atoms with E-state index in [1.54, 1.807) is 0 Å². The number of rotatable bonds is 4. The van der Waals surface area contributed by atoms with E-state index >= 15 is 0 Å². The molecule has 2 unspecified atom stereocenters. The van der Waals surface area contributed by atoms with Gasteiger partial charge in [0.05, 0.1) is 11.5 Å². The molecule has 0 aliphatic carbocycles. The molecule has 3 N–H and O–H groups in total. The SMILES string of the molecule is CC(C)(C(=O)NCC1CNCC1O)c1ccccc1.Cl. The highest BCUT2D eigenvalue weighted by atomic mass is 35.5. The predicted octanol–water partition coefficient (Wildman–Crippen LogP) is 1.08. The maximum absolute atomic E-state index is 12.3. The number of aliphatic hydroxyl groups excluding tert-OH is 1. The summed E-state index contributed by atoms with van der Waals surface area (Å²) in [5.74, 6) is 0.105. The van der Waals surface area contributed by atoms with Gasteiger partial charge >= 0.3 is 0 Å². The maximum atomic E-state index is 12.3. The van der Waals surface area contributed by atoms with Crippen molar-refractivity contribution in [1.29, 1.82) is 0 Å². The molecule has 0 aromatic heterocycles. The first-order valence-electron chi connectivity index (χ1n) is 6.74. The minimum Gasteiger partial charge on any atom is -0.391 e. The van der Waals surface area contributed by atoms with Gasteiger partial charge < -0.3 is 15.7 Å². The first kappa shape index (κ1) is 17.0. The van der Waals surface area contributed by atoms with E-state index in [0.29, 0.717) is 13.1 Å². The number of carbonyl (C=O) groups is 1. The Bertz CT molecular complexity index is 437. The first-order valence-corrected chi connectivity index (χ1v) is 6.74. The van der Waals surface area contributed by atoms with Crippen LogP contribution in [0.15, 0.2) is 30.3 Å². The van der Waals surface area contributed by atoms with E-state index in [-0.39, 0.29) is 30.3 Å².